The molecule has 0 aliphatic carbocycles. The van der Waals surface area contributed by atoms with E-state index in [4.69, 9.17) is 0 Å². The molecule has 0 spiro atoms. The third-order valence-electron chi connectivity index (χ3n) is 3.42. The Morgan fingerprint density at radius 3 is 2.50 bits per heavy atom. The fourth-order valence-corrected chi connectivity index (χ4v) is 2.29. The van der Waals surface area contributed by atoms with Crippen LogP contribution in [0.3, 0.4) is 0 Å². The van der Waals surface area contributed by atoms with Crippen LogP contribution in [0.2, 0.25) is 0 Å². The summed E-state index contributed by atoms with van der Waals surface area (Å²) >= 11 is 0. The van der Waals surface area contributed by atoms with Gasteiger partial charge in [-0.25, -0.2) is 4.39 Å². The zero-order chi connectivity index (χ0) is 14.7. The van der Waals surface area contributed by atoms with Crippen molar-refractivity contribution in [2.45, 2.75) is 13.3 Å². The van der Waals surface area contributed by atoms with Crippen LogP contribution >= 0.6 is 0 Å². The van der Waals surface area contributed by atoms with Crippen LogP contribution in [0.1, 0.15) is 23.7 Å². The Labute approximate surface area is 116 Å². The second-order valence-corrected chi connectivity index (χ2v) is 4.81. The summed E-state index contributed by atoms with van der Waals surface area (Å²) in [7, 11) is 0. The van der Waals surface area contributed by atoms with E-state index in [0.717, 1.165) is 12.1 Å². The molecule has 5 nitrogen and oxygen atoms in total. The number of rotatable bonds is 1. The first kappa shape index (κ1) is 14.3. The maximum Gasteiger partial charge on any atom is 0.257 e. The molecule has 2 amide bonds. The third kappa shape index (κ3) is 3.07. The molecule has 1 aliphatic rings. The van der Waals surface area contributed by atoms with Gasteiger partial charge in [0.2, 0.25) is 5.91 Å². The van der Waals surface area contributed by atoms with Crippen LogP contribution in [0.4, 0.5) is 4.39 Å². The quantitative estimate of drug-likeness (QED) is 0.841. The molecule has 0 bridgehead atoms. The largest absolute Gasteiger partial charge is 0.507 e. The predicted octanol–water partition coefficient (Wildman–Crippen LogP) is 1.23. The summed E-state index contributed by atoms with van der Waals surface area (Å²) < 4.78 is 13.2. The molecule has 1 heterocycles. The van der Waals surface area contributed by atoms with Crippen molar-refractivity contribution < 1.29 is 19.1 Å². The normalized spacial score (nSPS) is 15.9. The highest BCUT2D eigenvalue weighted by Crippen LogP contribution is 2.20. The fraction of sp³-hybridized carbons (Fsp3) is 0.429. The number of benzene rings is 1. The van der Waals surface area contributed by atoms with Gasteiger partial charge < -0.3 is 14.9 Å². The van der Waals surface area contributed by atoms with Crippen LogP contribution in [0.25, 0.3) is 0 Å². The topological polar surface area (TPSA) is 60.9 Å². The van der Waals surface area contributed by atoms with E-state index in [2.05, 4.69) is 0 Å². The van der Waals surface area contributed by atoms with E-state index in [1.54, 1.807) is 4.90 Å². The van der Waals surface area contributed by atoms with Gasteiger partial charge in [0.15, 0.2) is 0 Å². The third-order valence-corrected chi connectivity index (χ3v) is 3.42. The lowest BCUT2D eigenvalue weighted by atomic mass is 10.1. The van der Waals surface area contributed by atoms with Gasteiger partial charge >= 0.3 is 0 Å². The monoisotopic (exact) mass is 280 g/mol. The van der Waals surface area contributed by atoms with E-state index < -0.39 is 11.7 Å². The number of aromatic hydroxyl groups is 1. The summed E-state index contributed by atoms with van der Waals surface area (Å²) in [6.45, 7) is 3.42. The van der Waals surface area contributed by atoms with E-state index in [0.29, 0.717) is 32.6 Å². The van der Waals surface area contributed by atoms with Gasteiger partial charge in [-0.1, -0.05) is 0 Å². The minimum Gasteiger partial charge on any atom is -0.507 e. The van der Waals surface area contributed by atoms with Gasteiger partial charge in [0.25, 0.3) is 5.91 Å². The summed E-state index contributed by atoms with van der Waals surface area (Å²) in [5, 5.41) is 9.67. The molecule has 6 heteroatoms. The molecule has 0 unspecified atom stereocenters. The van der Waals surface area contributed by atoms with Crippen molar-refractivity contribution in [3.05, 3.63) is 29.6 Å². The summed E-state index contributed by atoms with van der Waals surface area (Å²) in [5.41, 5.74) is -0.0405. The van der Waals surface area contributed by atoms with Crippen molar-refractivity contribution in [1.82, 2.24) is 9.80 Å². The van der Waals surface area contributed by atoms with Gasteiger partial charge in [0.1, 0.15) is 11.6 Å². The second-order valence-electron chi connectivity index (χ2n) is 4.81. The number of halogens is 1. The Hall–Kier alpha value is -2.11. The molecule has 1 saturated heterocycles. The Kier molecular flexibility index (Phi) is 4.22. The maximum absolute atomic E-state index is 13.2. The van der Waals surface area contributed by atoms with Crippen molar-refractivity contribution in [1.29, 1.82) is 0 Å². The number of nitrogens with zero attached hydrogens (tertiary/aromatic N) is 2. The molecular weight excluding hydrogens is 263 g/mol. The lowest BCUT2D eigenvalue weighted by Crippen LogP contribution is -2.36. The van der Waals surface area contributed by atoms with Crippen molar-refractivity contribution in [2.24, 2.45) is 0 Å². The summed E-state index contributed by atoms with van der Waals surface area (Å²) in [5.74, 6) is -1.23. The summed E-state index contributed by atoms with van der Waals surface area (Å²) in [6, 6.07) is 3.31. The van der Waals surface area contributed by atoms with Gasteiger partial charge in [-0.2, -0.15) is 0 Å². The molecule has 1 aliphatic heterocycles. The molecule has 0 radical (unpaired) electrons. The highest BCUT2D eigenvalue weighted by atomic mass is 19.1. The first-order valence-corrected chi connectivity index (χ1v) is 6.52. The molecule has 108 valence electrons. The van der Waals surface area contributed by atoms with Gasteiger partial charge in [-0.3, -0.25) is 9.59 Å². The molecule has 1 fully saturated rings. The van der Waals surface area contributed by atoms with Gasteiger partial charge in [0, 0.05) is 33.1 Å². The molecule has 20 heavy (non-hydrogen) atoms. The van der Waals surface area contributed by atoms with E-state index in [1.807, 2.05) is 0 Å². The van der Waals surface area contributed by atoms with E-state index >= 15 is 0 Å². The number of carbonyl (C=O) groups is 2. The predicted molar refractivity (Wildman–Crippen MR) is 70.8 cm³/mol. The van der Waals surface area contributed by atoms with E-state index in [1.165, 1.54) is 17.9 Å². The number of carbonyl (C=O) groups excluding carboxylic acids is 2. The molecule has 0 saturated carbocycles. The van der Waals surface area contributed by atoms with Crippen molar-refractivity contribution in [3.63, 3.8) is 0 Å². The van der Waals surface area contributed by atoms with Crippen LogP contribution in [0.15, 0.2) is 18.2 Å². The first-order chi connectivity index (χ1) is 9.49. The summed E-state index contributed by atoms with van der Waals surface area (Å²) in [6.07, 6.45) is 0.668. The average Bonchev–Trinajstić information content (AvgIpc) is 2.66. The number of phenolic OH excluding ortho intramolecular Hbond substituents is 1. The van der Waals surface area contributed by atoms with Gasteiger partial charge in [-0.05, 0) is 24.6 Å². The van der Waals surface area contributed by atoms with Gasteiger partial charge in [0.05, 0.1) is 5.56 Å². The highest BCUT2D eigenvalue weighted by molar-refractivity contribution is 5.96. The number of hydrogen-bond acceptors (Lipinski definition) is 3. The van der Waals surface area contributed by atoms with Crippen LogP contribution in [0.5, 0.6) is 5.75 Å². The SMILES string of the molecule is CC(=O)N1CCCN(C(=O)c2cc(F)ccc2O)CC1. The fourth-order valence-electron chi connectivity index (χ4n) is 2.29. The Morgan fingerprint density at radius 1 is 1.15 bits per heavy atom. The summed E-state index contributed by atoms with van der Waals surface area (Å²) in [4.78, 5) is 26.8. The first-order valence-electron chi connectivity index (χ1n) is 6.52. The number of hydrogen-bond donors (Lipinski definition) is 1. The van der Waals surface area contributed by atoms with Crippen molar-refractivity contribution in [2.75, 3.05) is 26.2 Å². The van der Waals surface area contributed by atoms with Crippen LogP contribution in [-0.2, 0) is 4.79 Å². The lowest BCUT2D eigenvalue weighted by Gasteiger charge is -2.21. The van der Waals surface area contributed by atoms with Crippen LogP contribution in [0, 0.1) is 5.82 Å². The Bertz CT molecular complexity index is 533. The Balaban J connectivity index is 2.13. The highest BCUT2D eigenvalue weighted by Gasteiger charge is 2.23. The Morgan fingerprint density at radius 2 is 1.80 bits per heavy atom. The molecule has 1 N–H and O–H groups in total. The standard InChI is InChI=1S/C14H17FN2O3/c1-10(18)16-5-2-6-17(8-7-16)14(20)12-9-11(15)3-4-13(12)19/h3-4,9,19H,2,5-8H2,1H3. The molecule has 1 aromatic carbocycles. The maximum atomic E-state index is 13.2. The van der Waals surface area contributed by atoms with Crippen molar-refractivity contribution in [3.8, 4) is 5.75 Å². The minimum absolute atomic E-state index is 0.0205. The zero-order valence-electron chi connectivity index (χ0n) is 11.3. The van der Waals surface area contributed by atoms with Gasteiger partial charge in [-0.15, -0.1) is 0 Å². The average molecular weight is 280 g/mol. The molecule has 0 aromatic heterocycles. The van der Waals surface area contributed by atoms with Crippen LogP contribution < -0.4 is 0 Å². The number of amides is 2. The van der Waals surface area contributed by atoms with Crippen LogP contribution in [-0.4, -0.2) is 52.9 Å². The van der Waals surface area contributed by atoms with E-state index in [9.17, 15) is 19.1 Å². The van der Waals surface area contributed by atoms with Crippen molar-refractivity contribution >= 4 is 11.8 Å². The lowest BCUT2D eigenvalue weighted by molar-refractivity contribution is -0.128. The molecule has 1 aromatic rings. The molecule has 2 rings (SSSR count). The molecular formula is C14H17FN2O3. The molecule has 0 atom stereocenters. The second kappa shape index (κ2) is 5.90. The number of phenols is 1. The van der Waals surface area contributed by atoms with E-state index in [-0.39, 0.29) is 17.2 Å². The smallest absolute Gasteiger partial charge is 0.257 e. The minimum atomic E-state index is -0.564. The zero-order valence-corrected chi connectivity index (χ0v) is 11.3.